The van der Waals surface area contributed by atoms with Crippen LogP contribution in [-0.4, -0.2) is 57.2 Å². The molecule has 0 spiro atoms. The number of likely N-dealkylation sites (N-methyl/N-ethyl adjacent to an activating group) is 1. The maximum absolute atomic E-state index is 12.4. The number of halogens is 1. The molecule has 1 aliphatic heterocycles. The minimum absolute atomic E-state index is 0.349. The third-order valence-electron chi connectivity index (χ3n) is 4.45. The molecule has 0 aromatic carbocycles. The van der Waals surface area contributed by atoms with Gasteiger partial charge >= 0.3 is 6.09 Å². The first-order valence-corrected chi connectivity index (χ1v) is 9.33. The quantitative estimate of drug-likeness (QED) is 0.556. The van der Waals surface area contributed by atoms with Gasteiger partial charge in [0.25, 0.3) is 0 Å². The molecule has 0 atom stereocenters. The monoisotopic (exact) mass is 437 g/mol. The zero-order valence-electron chi connectivity index (χ0n) is 16.1. The van der Waals surface area contributed by atoms with Crippen molar-refractivity contribution >= 4 is 44.8 Å². The van der Waals surface area contributed by atoms with Crippen molar-refractivity contribution in [3.05, 3.63) is 16.7 Å². The van der Waals surface area contributed by atoms with Crippen LogP contribution in [0.5, 0.6) is 0 Å². The van der Waals surface area contributed by atoms with E-state index in [1.807, 2.05) is 38.7 Å². The van der Waals surface area contributed by atoms with Crippen LogP contribution >= 0.6 is 15.9 Å². The van der Waals surface area contributed by atoms with Crippen molar-refractivity contribution in [1.82, 2.24) is 19.9 Å². The fourth-order valence-corrected chi connectivity index (χ4v) is 3.24. The summed E-state index contributed by atoms with van der Waals surface area (Å²) in [6, 6.07) is 1.83. The molecule has 27 heavy (non-hydrogen) atoms. The molecule has 0 radical (unpaired) electrons. The Morgan fingerprint density at radius 1 is 1.41 bits per heavy atom. The maximum Gasteiger partial charge on any atom is 0.410 e. The maximum atomic E-state index is 12.4. The molecule has 1 amide bonds. The average Bonchev–Trinajstić information content (AvgIpc) is 2.55. The number of carbonyl (C=O) groups excluding carboxylic acids is 1. The lowest BCUT2D eigenvalue weighted by Crippen LogP contribution is -2.69. The summed E-state index contributed by atoms with van der Waals surface area (Å²) in [6.07, 6.45) is 1.32. The third kappa shape index (κ3) is 3.91. The number of aromatic nitrogens is 3. The Hall–Kier alpha value is -2.20. The summed E-state index contributed by atoms with van der Waals surface area (Å²) in [6.45, 7) is 8.71. The second-order valence-corrected chi connectivity index (χ2v) is 8.84. The summed E-state index contributed by atoms with van der Waals surface area (Å²) in [4.78, 5) is 29.4. The van der Waals surface area contributed by atoms with Crippen molar-refractivity contribution in [2.45, 2.75) is 38.8 Å². The smallest absolute Gasteiger partial charge is 0.410 e. The molecular formula is C17H24BrN7O2. The van der Waals surface area contributed by atoms with Crippen LogP contribution in [0.15, 0.2) is 16.7 Å². The molecule has 9 nitrogen and oxygen atoms in total. The number of pyridine rings is 1. The van der Waals surface area contributed by atoms with Gasteiger partial charge in [-0.15, -0.1) is 0 Å². The van der Waals surface area contributed by atoms with Crippen LogP contribution in [0.25, 0.3) is 11.2 Å². The second kappa shape index (κ2) is 6.75. The number of fused-ring (bicyclic) bond motifs is 1. The lowest BCUT2D eigenvalue weighted by Gasteiger charge is -2.53. The molecular weight excluding hydrogens is 414 g/mol. The number of rotatable bonds is 3. The molecule has 3 N–H and O–H groups in total. The first-order valence-electron chi connectivity index (χ1n) is 8.54. The van der Waals surface area contributed by atoms with Crippen molar-refractivity contribution < 1.29 is 9.53 Å². The Balaban J connectivity index is 1.80. The first-order chi connectivity index (χ1) is 12.5. The Kier molecular flexibility index (Phi) is 4.89. The van der Waals surface area contributed by atoms with Gasteiger partial charge in [0.1, 0.15) is 11.1 Å². The molecule has 3 heterocycles. The summed E-state index contributed by atoms with van der Waals surface area (Å²) < 4.78 is 6.29. The molecule has 1 aliphatic rings. The highest BCUT2D eigenvalue weighted by Crippen LogP contribution is 2.35. The Labute approximate surface area is 166 Å². The zero-order chi connectivity index (χ0) is 20.0. The molecule has 10 heteroatoms. The predicted molar refractivity (Wildman–Crippen MR) is 107 cm³/mol. The van der Waals surface area contributed by atoms with E-state index in [1.165, 1.54) is 0 Å². The lowest BCUT2D eigenvalue weighted by atomic mass is 9.90. The summed E-state index contributed by atoms with van der Waals surface area (Å²) in [7, 11) is 1.75. The van der Waals surface area contributed by atoms with E-state index in [0.717, 1.165) is 4.47 Å². The molecule has 0 bridgehead atoms. The van der Waals surface area contributed by atoms with E-state index in [1.54, 1.807) is 18.1 Å². The fraction of sp³-hybridized carbons (Fsp3) is 0.529. The number of nitrogens with two attached hydrogens (primary N) is 1. The summed E-state index contributed by atoms with van der Waals surface area (Å²) in [5, 5.41) is 0. The van der Waals surface area contributed by atoms with Crippen molar-refractivity contribution in [2.75, 3.05) is 30.5 Å². The molecule has 0 aliphatic carbocycles. The van der Waals surface area contributed by atoms with Gasteiger partial charge in [0.15, 0.2) is 17.3 Å². The van der Waals surface area contributed by atoms with Gasteiger partial charge in [-0.1, -0.05) is 0 Å². The number of nitrogen functional groups attached to an aromatic ring is 1. The highest BCUT2D eigenvalue weighted by molar-refractivity contribution is 9.10. The van der Waals surface area contributed by atoms with Crippen LogP contribution in [0.1, 0.15) is 27.7 Å². The highest BCUT2D eigenvalue weighted by atomic mass is 79.9. The van der Waals surface area contributed by atoms with E-state index < -0.39 is 5.60 Å². The van der Waals surface area contributed by atoms with Gasteiger partial charge in [-0.2, -0.15) is 0 Å². The van der Waals surface area contributed by atoms with Crippen LogP contribution in [-0.2, 0) is 4.74 Å². The van der Waals surface area contributed by atoms with Gasteiger partial charge < -0.3 is 20.0 Å². The SMILES string of the molecule is CN(C(=O)OC(C)(C)C)C1(C)CN(c2nc3ncc(Br)cc3nc2NN)C1. The molecule has 0 unspecified atom stereocenters. The van der Waals surface area contributed by atoms with E-state index in [0.29, 0.717) is 35.9 Å². The van der Waals surface area contributed by atoms with Gasteiger partial charge in [-0.25, -0.2) is 25.6 Å². The van der Waals surface area contributed by atoms with Gasteiger partial charge in [0, 0.05) is 30.8 Å². The van der Waals surface area contributed by atoms with Crippen LogP contribution in [0, 0.1) is 0 Å². The van der Waals surface area contributed by atoms with Crippen molar-refractivity contribution in [2.24, 2.45) is 5.84 Å². The number of amides is 1. The van der Waals surface area contributed by atoms with Crippen molar-refractivity contribution in [3.8, 4) is 0 Å². The number of anilines is 2. The molecule has 2 aromatic rings. The molecule has 1 fully saturated rings. The Morgan fingerprint density at radius 2 is 2.07 bits per heavy atom. The predicted octanol–water partition coefficient (Wildman–Crippen LogP) is 2.52. The number of nitrogens with one attached hydrogen (secondary N) is 1. The summed E-state index contributed by atoms with van der Waals surface area (Å²) in [5.41, 5.74) is 2.85. The van der Waals surface area contributed by atoms with Gasteiger partial charge in [0.05, 0.1) is 5.54 Å². The number of hydrazine groups is 1. The molecule has 1 saturated heterocycles. The fourth-order valence-electron chi connectivity index (χ4n) is 2.92. The number of ether oxygens (including phenoxy) is 1. The molecule has 0 saturated carbocycles. The van der Waals surface area contributed by atoms with Gasteiger partial charge in [0.2, 0.25) is 0 Å². The second-order valence-electron chi connectivity index (χ2n) is 7.93. The standard InChI is InChI=1S/C17H24BrN7O2/c1-16(2,3)27-15(26)24(5)17(4)8-25(9-17)14-13(23-19)21-11-6-10(18)7-20-12(11)22-14/h6-7H,8-9,19H2,1-5H3,(H,21,23). The number of hydrogen-bond acceptors (Lipinski definition) is 8. The topological polar surface area (TPSA) is 110 Å². The van der Waals surface area contributed by atoms with Crippen molar-refractivity contribution in [1.29, 1.82) is 0 Å². The zero-order valence-corrected chi connectivity index (χ0v) is 17.7. The van der Waals surface area contributed by atoms with Gasteiger partial charge in [-0.05, 0) is 49.7 Å². The van der Waals surface area contributed by atoms with E-state index in [4.69, 9.17) is 10.6 Å². The number of hydrogen-bond donors (Lipinski definition) is 2. The summed E-state index contributed by atoms with van der Waals surface area (Å²) in [5.74, 6) is 6.71. The number of nitrogens with zero attached hydrogens (tertiary/aromatic N) is 5. The normalized spacial score (nSPS) is 16.0. The molecule has 146 valence electrons. The van der Waals surface area contributed by atoms with E-state index in [-0.39, 0.29) is 11.6 Å². The summed E-state index contributed by atoms with van der Waals surface area (Å²) >= 11 is 3.37. The van der Waals surface area contributed by atoms with E-state index >= 15 is 0 Å². The highest BCUT2D eigenvalue weighted by Gasteiger charge is 2.46. The average molecular weight is 438 g/mol. The largest absolute Gasteiger partial charge is 0.444 e. The molecule has 3 rings (SSSR count). The van der Waals surface area contributed by atoms with E-state index in [9.17, 15) is 4.79 Å². The van der Waals surface area contributed by atoms with Crippen LogP contribution in [0.3, 0.4) is 0 Å². The van der Waals surface area contributed by atoms with Crippen LogP contribution in [0.4, 0.5) is 16.4 Å². The van der Waals surface area contributed by atoms with Gasteiger partial charge in [-0.3, -0.25) is 0 Å². The van der Waals surface area contributed by atoms with Crippen LogP contribution in [0.2, 0.25) is 0 Å². The van der Waals surface area contributed by atoms with Crippen LogP contribution < -0.4 is 16.2 Å². The minimum atomic E-state index is -0.536. The Bertz CT molecular complexity index is 877. The van der Waals surface area contributed by atoms with E-state index in [2.05, 4.69) is 36.3 Å². The third-order valence-corrected chi connectivity index (χ3v) is 4.88. The first kappa shape index (κ1) is 19.6. The molecule has 2 aromatic heterocycles. The minimum Gasteiger partial charge on any atom is -0.444 e. The lowest BCUT2D eigenvalue weighted by molar-refractivity contribution is 0.00251. The number of carbonyl (C=O) groups is 1. The van der Waals surface area contributed by atoms with Crippen molar-refractivity contribution in [3.63, 3.8) is 0 Å². The Morgan fingerprint density at radius 3 is 2.67 bits per heavy atom.